The third-order valence-corrected chi connectivity index (χ3v) is 3.14. The monoisotopic (exact) mass is 352 g/mol. The van der Waals surface area contributed by atoms with Gasteiger partial charge in [-0.3, -0.25) is 15.4 Å². The summed E-state index contributed by atoms with van der Waals surface area (Å²) in [6.45, 7) is 6.14. The van der Waals surface area contributed by atoms with Gasteiger partial charge in [0.25, 0.3) is 3.91 Å². The molecule has 0 aromatic carbocycles. The molecule has 7 heteroatoms. The molecule has 0 aromatic heterocycles. The zero-order valence-electron chi connectivity index (χ0n) is 9.70. The quantitative estimate of drug-likeness (QED) is 0.226. The molecule has 17 heavy (non-hydrogen) atoms. The number of nitrogens with two attached hydrogens (primary N) is 1. The summed E-state index contributed by atoms with van der Waals surface area (Å²) in [4.78, 5) is 24.7. The molecule has 0 aromatic rings. The number of hydrazine groups is 1. The molecule has 4 N–H and O–H groups in total. The van der Waals surface area contributed by atoms with Crippen LogP contribution in [0.3, 0.4) is 0 Å². The Morgan fingerprint density at radius 2 is 2.24 bits per heavy atom. The number of amides is 2. The van der Waals surface area contributed by atoms with Gasteiger partial charge in [-0.25, -0.2) is 0 Å². The minimum Gasteiger partial charge on any atom is -0.336 e. The number of halogens is 1. The maximum Gasteiger partial charge on any atom is 0.281 e. The summed E-state index contributed by atoms with van der Waals surface area (Å²) in [6.07, 6.45) is 1.77. The van der Waals surface area contributed by atoms with E-state index >= 15 is 0 Å². The Balaban J connectivity index is 2.67. The number of carbonyl (C=O) groups is 2. The predicted octanol–water partition coefficient (Wildman–Crippen LogP) is 0.487. The van der Waals surface area contributed by atoms with Crippen molar-refractivity contribution in [1.82, 2.24) is 15.6 Å². The van der Waals surface area contributed by atoms with Crippen LogP contribution in [0.5, 0.6) is 0 Å². The van der Waals surface area contributed by atoms with Crippen LogP contribution in [0.2, 0.25) is 0 Å². The Bertz CT molecular complexity index is 334. The molecule has 2 atom stereocenters. The van der Waals surface area contributed by atoms with E-state index in [0.717, 1.165) is 12.8 Å². The van der Waals surface area contributed by atoms with Gasteiger partial charge in [-0.1, -0.05) is 6.58 Å². The van der Waals surface area contributed by atoms with Crippen LogP contribution in [0.15, 0.2) is 12.3 Å². The van der Waals surface area contributed by atoms with Gasteiger partial charge >= 0.3 is 0 Å². The fourth-order valence-corrected chi connectivity index (χ4v) is 2.44. The zero-order valence-corrected chi connectivity index (χ0v) is 11.9. The van der Waals surface area contributed by atoms with Gasteiger partial charge in [0.15, 0.2) is 0 Å². The van der Waals surface area contributed by atoms with Crippen molar-refractivity contribution in [2.45, 2.75) is 31.8 Å². The Kier molecular flexibility index (Phi) is 5.19. The fraction of sp³-hybridized carbons (Fsp3) is 0.600. The summed E-state index contributed by atoms with van der Waals surface area (Å²) in [5.41, 5.74) is 3.12. The molecule has 0 radical (unpaired) electrons. The lowest BCUT2D eigenvalue weighted by molar-refractivity contribution is -0.133. The van der Waals surface area contributed by atoms with Gasteiger partial charge in [0.05, 0.1) is 6.04 Å². The highest BCUT2D eigenvalue weighted by Crippen LogP contribution is 2.22. The van der Waals surface area contributed by atoms with E-state index in [1.165, 1.54) is 0 Å². The van der Waals surface area contributed by atoms with Crippen molar-refractivity contribution < 1.29 is 9.59 Å². The van der Waals surface area contributed by atoms with Gasteiger partial charge in [-0.15, -0.1) is 0 Å². The standard InChI is InChI=1S/C10H17IN4O2/c1-6(14-12)8-4-3-5-15(8)9(16)7(2)13-10(11)17/h7-8,14H,1,3-5,12H2,2H3,(H,13,17)/t7-,8-/m0/s1. The van der Waals surface area contributed by atoms with Crippen LogP contribution in [-0.4, -0.2) is 33.3 Å². The molecule has 0 bridgehead atoms. The molecule has 2 amide bonds. The van der Waals surface area contributed by atoms with Crippen molar-refractivity contribution in [3.05, 3.63) is 12.3 Å². The molecule has 0 spiro atoms. The van der Waals surface area contributed by atoms with Crippen molar-refractivity contribution in [2.24, 2.45) is 5.84 Å². The molecule has 1 heterocycles. The van der Waals surface area contributed by atoms with Crippen LogP contribution < -0.4 is 16.6 Å². The summed E-state index contributed by atoms with van der Waals surface area (Å²) < 4.78 is -0.241. The van der Waals surface area contributed by atoms with Crippen LogP contribution in [0.25, 0.3) is 0 Å². The number of nitrogens with zero attached hydrogens (tertiary/aromatic N) is 1. The molecular formula is C10H17IN4O2. The highest BCUT2D eigenvalue weighted by Gasteiger charge is 2.33. The van der Waals surface area contributed by atoms with Gasteiger partial charge in [-0.05, 0) is 19.8 Å². The lowest BCUT2D eigenvalue weighted by Crippen LogP contribution is -2.49. The number of hydrogen-bond acceptors (Lipinski definition) is 4. The summed E-state index contributed by atoms with van der Waals surface area (Å²) in [5, 5.41) is 2.57. The first-order valence-electron chi connectivity index (χ1n) is 5.39. The van der Waals surface area contributed by atoms with E-state index in [1.54, 1.807) is 34.4 Å². The second-order valence-corrected chi connectivity index (χ2v) is 4.98. The van der Waals surface area contributed by atoms with Gasteiger partial charge < -0.3 is 15.6 Å². The van der Waals surface area contributed by atoms with Crippen LogP contribution >= 0.6 is 22.6 Å². The normalized spacial score (nSPS) is 20.9. The Hall–Kier alpha value is -0.830. The minimum atomic E-state index is -0.523. The number of rotatable bonds is 4. The summed E-state index contributed by atoms with van der Waals surface area (Å²) in [7, 11) is 0. The maximum atomic E-state index is 12.1. The van der Waals surface area contributed by atoms with Crippen molar-refractivity contribution in [2.75, 3.05) is 6.54 Å². The van der Waals surface area contributed by atoms with Gasteiger partial charge in [0.1, 0.15) is 6.04 Å². The molecule has 6 nitrogen and oxygen atoms in total. The molecular weight excluding hydrogens is 335 g/mol. The van der Waals surface area contributed by atoms with E-state index in [9.17, 15) is 9.59 Å². The molecule has 1 fully saturated rings. The number of likely N-dealkylation sites (tertiary alicyclic amines) is 1. The van der Waals surface area contributed by atoms with E-state index in [2.05, 4.69) is 17.3 Å². The molecule has 1 aliphatic rings. The maximum absolute atomic E-state index is 12.1. The zero-order chi connectivity index (χ0) is 13.0. The molecule has 1 aliphatic heterocycles. The Morgan fingerprint density at radius 3 is 2.76 bits per heavy atom. The first-order valence-corrected chi connectivity index (χ1v) is 6.47. The second kappa shape index (κ2) is 6.20. The lowest BCUT2D eigenvalue weighted by Gasteiger charge is -2.28. The Labute approximate surface area is 114 Å². The molecule has 96 valence electrons. The molecule has 1 rings (SSSR count). The van der Waals surface area contributed by atoms with E-state index < -0.39 is 6.04 Å². The lowest BCUT2D eigenvalue weighted by atomic mass is 10.1. The summed E-state index contributed by atoms with van der Waals surface area (Å²) in [5.74, 6) is 5.21. The number of carbonyl (C=O) groups excluding carboxylic acids is 2. The van der Waals surface area contributed by atoms with Crippen molar-refractivity contribution in [3.63, 3.8) is 0 Å². The van der Waals surface area contributed by atoms with E-state index in [1.807, 2.05) is 0 Å². The molecule has 0 saturated carbocycles. The topological polar surface area (TPSA) is 87.5 Å². The van der Waals surface area contributed by atoms with Gasteiger partial charge in [0.2, 0.25) is 5.91 Å². The Morgan fingerprint density at radius 1 is 1.59 bits per heavy atom. The first kappa shape index (κ1) is 14.2. The van der Waals surface area contributed by atoms with Crippen molar-refractivity contribution >= 4 is 32.4 Å². The first-order chi connectivity index (χ1) is 7.97. The smallest absolute Gasteiger partial charge is 0.281 e. The molecule has 1 saturated heterocycles. The van der Waals surface area contributed by atoms with Crippen LogP contribution in [0.1, 0.15) is 19.8 Å². The highest BCUT2D eigenvalue weighted by molar-refractivity contribution is 14.1. The third kappa shape index (κ3) is 3.56. The van der Waals surface area contributed by atoms with E-state index in [-0.39, 0.29) is 15.9 Å². The second-order valence-electron chi connectivity index (χ2n) is 4.00. The van der Waals surface area contributed by atoms with Crippen molar-refractivity contribution in [3.8, 4) is 0 Å². The van der Waals surface area contributed by atoms with Crippen LogP contribution in [0.4, 0.5) is 4.79 Å². The minimum absolute atomic E-state index is 0.0823. The SMILES string of the molecule is C=C(NN)[C@@H]1CCCN1C(=O)[C@H](C)NC(=O)I. The molecule has 0 unspecified atom stereocenters. The average molecular weight is 352 g/mol. The highest BCUT2D eigenvalue weighted by atomic mass is 127. The average Bonchev–Trinajstić information content (AvgIpc) is 2.74. The van der Waals surface area contributed by atoms with Crippen LogP contribution in [-0.2, 0) is 4.79 Å². The third-order valence-electron chi connectivity index (χ3n) is 2.82. The summed E-state index contributed by atoms with van der Waals surface area (Å²) >= 11 is 1.61. The largest absolute Gasteiger partial charge is 0.336 e. The van der Waals surface area contributed by atoms with E-state index in [4.69, 9.17) is 5.84 Å². The molecule has 0 aliphatic carbocycles. The number of hydrogen-bond donors (Lipinski definition) is 3. The van der Waals surface area contributed by atoms with Crippen molar-refractivity contribution in [1.29, 1.82) is 0 Å². The van der Waals surface area contributed by atoms with Gasteiger partial charge in [0, 0.05) is 34.8 Å². The predicted molar refractivity (Wildman–Crippen MR) is 73.2 cm³/mol. The van der Waals surface area contributed by atoms with E-state index in [0.29, 0.717) is 12.2 Å². The van der Waals surface area contributed by atoms with Crippen LogP contribution in [0, 0.1) is 0 Å². The van der Waals surface area contributed by atoms with Gasteiger partial charge in [-0.2, -0.15) is 0 Å². The summed E-state index contributed by atoms with van der Waals surface area (Å²) in [6, 6.07) is -0.605. The fourth-order valence-electron chi connectivity index (χ4n) is 1.97. The number of nitrogens with one attached hydrogen (secondary N) is 2.